The van der Waals surface area contributed by atoms with Crippen LogP contribution in [0, 0.1) is 35.0 Å². The van der Waals surface area contributed by atoms with E-state index < -0.39 is 0 Å². The van der Waals surface area contributed by atoms with Crippen LogP contribution in [0.1, 0.15) is 66.7 Å². The van der Waals surface area contributed by atoms with Gasteiger partial charge in [-0.1, -0.05) is 47.5 Å². The summed E-state index contributed by atoms with van der Waals surface area (Å²) in [6.45, 7) is 12.4. The van der Waals surface area contributed by atoms with Crippen LogP contribution in [0.15, 0.2) is 0 Å². The topological polar surface area (TPSA) is 0 Å². The largest absolute Gasteiger partial charge is 0.0625 e. The highest BCUT2D eigenvalue weighted by Gasteiger charge is 2.51. The Hall–Kier alpha value is 0. The van der Waals surface area contributed by atoms with Gasteiger partial charge < -0.3 is 0 Å². The molecule has 0 nitrogen and oxygen atoms in total. The van der Waals surface area contributed by atoms with Crippen LogP contribution in [0.3, 0.4) is 0 Å². The summed E-state index contributed by atoms with van der Waals surface area (Å²) in [7, 11) is 0. The maximum atomic E-state index is 2.61. The van der Waals surface area contributed by atoms with Crippen molar-refractivity contribution in [2.24, 2.45) is 35.0 Å². The zero-order valence-corrected chi connectivity index (χ0v) is 11.9. The van der Waals surface area contributed by atoms with Crippen molar-refractivity contribution in [1.29, 1.82) is 0 Å². The Labute approximate surface area is 102 Å². The van der Waals surface area contributed by atoms with E-state index in [2.05, 4.69) is 34.6 Å². The molecule has 2 saturated carbocycles. The highest BCUT2D eigenvalue weighted by Crippen LogP contribution is 2.60. The van der Waals surface area contributed by atoms with Crippen LogP contribution >= 0.6 is 0 Å². The van der Waals surface area contributed by atoms with Gasteiger partial charge in [-0.2, -0.15) is 0 Å². The predicted molar refractivity (Wildman–Crippen MR) is 71.3 cm³/mol. The minimum absolute atomic E-state index is 0.682. The molecule has 0 aliphatic heterocycles. The van der Waals surface area contributed by atoms with Crippen molar-refractivity contribution in [2.45, 2.75) is 66.7 Å². The number of hydrogen-bond acceptors (Lipinski definition) is 0. The van der Waals surface area contributed by atoms with E-state index >= 15 is 0 Å². The van der Waals surface area contributed by atoms with Crippen LogP contribution in [0.4, 0.5) is 0 Å². The summed E-state index contributed by atoms with van der Waals surface area (Å²) in [4.78, 5) is 0. The fourth-order valence-electron chi connectivity index (χ4n) is 4.93. The van der Waals surface area contributed by atoms with E-state index in [0.29, 0.717) is 5.41 Å². The third-order valence-electron chi connectivity index (χ3n) is 6.23. The van der Waals surface area contributed by atoms with Gasteiger partial charge in [-0.05, 0) is 54.3 Å². The Morgan fingerprint density at radius 3 is 2.38 bits per heavy atom. The van der Waals surface area contributed by atoms with Crippen molar-refractivity contribution in [3.63, 3.8) is 0 Å². The first-order chi connectivity index (χ1) is 7.47. The maximum absolute atomic E-state index is 2.61. The van der Waals surface area contributed by atoms with Crippen molar-refractivity contribution in [1.82, 2.24) is 0 Å². The molecule has 0 aromatic heterocycles. The molecule has 5 atom stereocenters. The van der Waals surface area contributed by atoms with Gasteiger partial charge in [0.05, 0.1) is 0 Å². The Morgan fingerprint density at radius 2 is 1.75 bits per heavy atom. The highest BCUT2D eigenvalue weighted by atomic mass is 14.6. The van der Waals surface area contributed by atoms with Crippen molar-refractivity contribution in [2.75, 3.05) is 0 Å². The highest BCUT2D eigenvalue weighted by molar-refractivity contribution is 5.00. The Bertz CT molecular complexity index is 242. The monoisotopic (exact) mass is 222 g/mol. The average molecular weight is 222 g/mol. The summed E-state index contributed by atoms with van der Waals surface area (Å²) in [6.07, 6.45) is 7.49. The zero-order valence-electron chi connectivity index (χ0n) is 11.9. The molecule has 0 amide bonds. The Balaban J connectivity index is 2.18. The van der Waals surface area contributed by atoms with Gasteiger partial charge in [0, 0.05) is 0 Å². The van der Waals surface area contributed by atoms with Crippen LogP contribution in [0.5, 0.6) is 0 Å². The molecule has 0 heteroatoms. The molecule has 0 spiro atoms. The molecule has 16 heavy (non-hydrogen) atoms. The molecule has 2 rings (SSSR count). The van der Waals surface area contributed by atoms with Crippen LogP contribution in [0.25, 0.3) is 0 Å². The Morgan fingerprint density at radius 1 is 1.06 bits per heavy atom. The molecule has 0 bridgehead atoms. The van der Waals surface area contributed by atoms with E-state index in [0.717, 1.165) is 29.6 Å². The third-order valence-corrected chi connectivity index (χ3v) is 6.23. The first-order valence-electron chi connectivity index (χ1n) is 7.47. The summed E-state index contributed by atoms with van der Waals surface area (Å²) < 4.78 is 0. The van der Waals surface area contributed by atoms with E-state index in [4.69, 9.17) is 0 Å². The first-order valence-corrected chi connectivity index (χ1v) is 7.47. The second kappa shape index (κ2) is 4.35. The van der Waals surface area contributed by atoms with Gasteiger partial charge in [0.1, 0.15) is 0 Å². The molecule has 2 unspecified atom stereocenters. The molecule has 0 saturated heterocycles. The van der Waals surface area contributed by atoms with Crippen LogP contribution in [-0.2, 0) is 0 Å². The average Bonchev–Trinajstić information content (AvgIpc) is 2.55. The standard InChI is InChI=1S/C16H30/c1-11(2)13(4)15-9-8-14-12(3)7-6-10-16(14,15)5/h11-15H,6-10H2,1-5H3/t12-,13-,14?,15?,16-/m0/s1. The van der Waals surface area contributed by atoms with Crippen LogP contribution in [-0.4, -0.2) is 0 Å². The molecule has 0 heterocycles. The first kappa shape index (κ1) is 12.5. The van der Waals surface area contributed by atoms with Gasteiger partial charge in [0.15, 0.2) is 0 Å². The normalized spacial score (nSPS) is 45.8. The number of fused-ring (bicyclic) bond motifs is 1. The number of hydrogen-bond donors (Lipinski definition) is 0. The minimum Gasteiger partial charge on any atom is -0.0625 e. The van der Waals surface area contributed by atoms with E-state index in [1.54, 1.807) is 0 Å². The lowest BCUT2D eigenvalue weighted by Crippen LogP contribution is -2.39. The molecular formula is C16H30. The van der Waals surface area contributed by atoms with Crippen LogP contribution < -0.4 is 0 Å². The molecule has 2 fully saturated rings. The lowest BCUT2D eigenvalue weighted by atomic mass is 9.59. The van der Waals surface area contributed by atoms with Crippen molar-refractivity contribution in [3.05, 3.63) is 0 Å². The van der Waals surface area contributed by atoms with Gasteiger partial charge in [0.25, 0.3) is 0 Å². The third kappa shape index (κ3) is 1.83. The van der Waals surface area contributed by atoms with Crippen molar-refractivity contribution >= 4 is 0 Å². The molecule has 0 radical (unpaired) electrons. The van der Waals surface area contributed by atoms with Crippen LogP contribution in [0.2, 0.25) is 0 Å². The second-order valence-corrected chi connectivity index (χ2v) is 7.27. The SMILES string of the molecule is CC(C)[C@H](C)C1CCC2[C@@H](C)CCC[C@]12C. The summed E-state index contributed by atoms with van der Waals surface area (Å²) in [6, 6.07) is 0. The predicted octanol–water partition coefficient (Wildman–Crippen LogP) is 5.13. The van der Waals surface area contributed by atoms with Gasteiger partial charge in [-0.25, -0.2) is 0 Å². The molecule has 0 aromatic rings. The molecule has 2 aliphatic carbocycles. The van der Waals surface area contributed by atoms with E-state index in [1.165, 1.54) is 32.1 Å². The zero-order chi connectivity index (χ0) is 11.9. The van der Waals surface area contributed by atoms with E-state index in [9.17, 15) is 0 Å². The molecule has 2 aliphatic rings. The molecule has 94 valence electrons. The van der Waals surface area contributed by atoms with Gasteiger partial charge in [-0.3, -0.25) is 0 Å². The Kier molecular flexibility index (Phi) is 3.39. The van der Waals surface area contributed by atoms with Crippen molar-refractivity contribution in [3.8, 4) is 0 Å². The summed E-state index contributed by atoms with van der Waals surface area (Å²) in [5, 5.41) is 0. The van der Waals surface area contributed by atoms with Gasteiger partial charge in [-0.15, -0.1) is 0 Å². The van der Waals surface area contributed by atoms with Gasteiger partial charge >= 0.3 is 0 Å². The minimum atomic E-state index is 0.682. The quantitative estimate of drug-likeness (QED) is 0.607. The van der Waals surface area contributed by atoms with E-state index in [1.807, 2.05) is 0 Å². The molecule has 0 aromatic carbocycles. The summed E-state index contributed by atoms with van der Waals surface area (Å²) >= 11 is 0. The summed E-state index contributed by atoms with van der Waals surface area (Å²) in [5.41, 5.74) is 0.682. The lowest BCUT2D eigenvalue weighted by molar-refractivity contribution is 0.0269. The smallest absolute Gasteiger partial charge is 0.0264 e. The molecular weight excluding hydrogens is 192 g/mol. The fraction of sp³-hybridized carbons (Fsp3) is 1.00. The maximum Gasteiger partial charge on any atom is -0.0264 e. The molecule has 0 N–H and O–H groups in total. The van der Waals surface area contributed by atoms with Gasteiger partial charge in [0.2, 0.25) is 0 Å². The van der Waals surface area contributed by atoms with E-state index in [-0.39, 0.29) is 0 Å². The fourth-order valence-corrected chi connectivity index (χ4v) is 4.93. The second-order valence-electron chi connectivity index (χ2n) is 7.27. The van der Waals surface area contributed by atoms with Crippen molar-refractivity contribution < 1.29 is 0 Å². The number of rotatable bonds is 2. The summed E-state index contributed by atoms with van der Waals surface area (Å²) in [5.74, 6) is 4.80. The lowest BCUT2D eigenvalue weighted by Gasteiger charge is -2.46.